The molecule has 2 heterocycles. The number of benzene rings is 3. The van der Waals surface area contributed by atoms with E-state index in [2.05, 4.69) is 4.90 Å². The summed E-state index contributed by atoms with van der Waals surface area (Å²) >= 11 is 0. The summed E-state index contributed by atoms with van der Waals surface area (Å²) in [7, 11) is 0. The van der Waals surface area contributed by atoms with Crippen LogP contribution in [0.2, 0.25) is 0 Å². The quantitative estimate of drug-likeness (QED) is 0.453. The first-order valence-corrected chi connectivity index (χ1v) is 11.8. The van der Waals surface area contributed by atoms with E-state index in [1.807, 2.05) is 43.3 Å². The number of phenols is 2. The molecule has 2 N–H and O–H groups in total. The molecule has 0 amide bonds. The van der Waals surface area contributed by atoms with Crippen LogP contribution >= 0.6 is 0 Å². The monoisotopic (exact) mass is 473 g/mol. The van der Waals surface area contributed by atoms with E-state index in [1.165, 1.54) is 0 Å². The molecule has 2 aliphatic heterocycles. The molecule has 0 radical (unpaired) electrons. The van der Waals surface area contributed by atoms with Gasteiger partial charge in [0.15, 0.2) is 0 Å². The van der Waals surface area contributed by atoms with Crippen LogP contribution in [0.25, 0.3) is 11.1 Å². The second kappa shape index (κ2) is 9.84. The minimum Gasteiger partial charge on any atom is -0.508 e. The Labute approximate surface area is 204 Å². The first kappa shape index (κ1) is 23.0. The standard InChI is InChI=1S/C29H28FNO4/c1-19-26-16-24(33)7-10-27(26)35-29(28(19)22-3-2-4-23(32)15-22)21-5-8-25(9-6-21)34-14-13-31-12-11-20(17-30)18-31/h2-10,15-17,29,32-33H,11-14,18H2,1H3/b20-17+. The zero-order valence-electron chi connectivity index (χ0n) is 19.6. The predicted molar refractivity (Wildman–Crippen MR) is 134 cm³/mol. The minimum absolute atomic E-state index is 0.174. The van der Waals surface area contributed by atoms with Crippen LogP contribution in [-0.4, -0.2) is 41.4 Å². The molecule has 1 saturated heterocycles. The van der Waals surface area contributed by atoms with E-state index in [4.69, 9.17) is 9.47 Å². The van der Waals surface area contributed by atoms with Crippen LogP contribution in [0.1, 0.15) is 36.1 Å². The van der Waals surface area contributed by atoms with Gasteiger partial charge in [0.05, 0.1) is 6.33 Å². The number of hydrogen-bond donors (Lipinski definition) is 2. The fourth-order valence-electron chi connectivity index (χ4n) is 4.78. The Morgan fingerprint density at radius 3 is 2.60 bits per heavy atom. The van der Waals surface area contributed by atoms with E-state index in [0.29, 0.717) is 18.9 Å². The Morgan fingerprint density at radius 2 is 1.86 bits per heavy atom. The average molecular weight is 474 g/mol. The Bertz CT molecular complexity index is 1280. The van der Waals surface area contributed by atoms with Crippen LogP contribution in [0.15, 0.2) is 78.6 Å². The minimum atomic E-state index is -0.390. The number of likely N-dealkylation sites (tertiary alicyclic amines) is 1. The molecule has 35 heavy (non-hydrogen) atoms. The molecule has 0 saturated carbocycles. The Balaban J connectivity index is 1.38. The smallest absolute Gasteiger partial charge is 0.150 e. The summed E-state index contributed by atoms with van der Waals surface area (Å²) in [4.78, 5) is 2.18. The lowest BCUT2D eigenvalue weighted by molar-refractivity contribution is 0.239. The van der Waals surface area contributed by atoms with Crippen LogP contribution in [-0.2, 0) is 0 Å². The fraction of sp³-hybridized carbons (Fsp3) is 0.241. The van der Waals surface area contributed by atoms with E-state index in [9.17, 15) is 14.6 Å². The maximum absolute atomic E-state index is 12.7. The van der Waals surface area contributed by atoms with E-state index in [-0.39, 0.29) is 11.5 Å². The molecule has 1 unspecified atom stereocenters. The lowest BCUT2D eigenvalue weighted by Gasteiger charge is -2.31. The van der Waals surface area contributed by atoms with Crippen LogP contribution in [0.4, 0.5) is 4.39 Å². The molecule has 1 fully saturated rings. The summed E-state index contributed by atoms with van der Waals surface area (Å²) < 4.78 is 25.0. The number of hydrogen-bond acceptors (Lipinski definition) is 5. The van der Waals surface area contributed by atoms with Gasteiger partial charge in [0.25, 0.3) is 0 Å². The summed E-state index contributed by atoms with van der Waals surface area (Å²) in [6.45, 7) is 4.81. The second-order valence-electron chi connectivity index (χ2n) is 8.98. The summed E-state index contributed by atoms with van der Waals surface area (Å²) in [5.74, 6) is 1.81. The summed E-state index contributed by atoms with van der Waals surface area (Å²) in [6, 6.07) is 20.0. The zero-order valence-corrected chi connectivity index (χ0v) is 19.6. The van der Waals surface area contributed by atoms with Gasteiger partial charge in [0.1, 0.15) is 35.7 Å². The third-order valence-electron chi connectivity index (χ3n) is 6.62. The van der Waals surface area contributed by atoms with Crippen molar-refractivity contribution in [2.75, 3.05) is 26.2 Å². The van der Waals surface area contributed by atoms with Crippen molar-refractivity contribution in [3.05, 3.63) is 95.3 Å². The van der Waals surface area contributed by atoms with Gasteiger partial charge in [0.2, 0.25) is 0 Å². The lowest BCUT2D eigenvalue weighted by Crippen LogP contribution is -2.25. The van der Waals surface area contributed by atoms with Crippen LogP contribution in [0, 0.1) is 0 Å². The first-order chi connectivity index (χ1) is 17.0. The van der Waals surface area contributed by atoms with Crippen molar-refractivity contribution in [2.45, 2.75) is 19.4 Å². The van der Waals surface area contributed by atoms with Gasteiger partial charge in [0, 0.05) is 30.8 Å². The number of phenolic OH excluding ortho intramolecular Hbond substituents is 2. The molecule has 1 atom stereocenters. The fourth-order valence-corrected chi connectivity index (χ4v) is 4.78. The SMILES string of the molecule is CC1=C(c2cccc(O)c2)C(c2ccc(OCCN3CC/C(=C\F)C3)cc2)Oc2ccc(O)cc21. The van der Waals surface area contributed by atoms with Crippen LogP contribution in [0.3, 0.4) is 0 Å². The number of nitrogens with zero attached hydrogens (tertiary/aromatic N) is 1. The third-order valence-corrected chi connectivity index (χ3v) is 6.62. The Kier molecular flexibility index (Phi) is 6.47. The van der Waals surface area contributed by atoms with Crippen molar-refractivity contribution in [1.29, 1.82) is 0 Å². The molecule has 0 spiro atoms. The van der Waals surface area contributed by atoms with Crippen molar-refractivity contribution in [3.63, 3.8) is 0 Å². The molecule has 5 nitrogen and oxygen atoms in total. The van der Waals surface area contributed by atoms with E-state index in [0.717, 1.165) is 65.0 Å². The van der Waals surface area contributed by atoms with Crippen molar-refractivity contribution >= 4 is 11.1 Å². The Hall–Kier alpha value is -3.77. The van der Waals surface area contributed by atoms with Crippen LogP contribution in [0.5, 0.6) is 23.0 Å². The molecule has 6 heteroatoms. The summed E-state index contributed by atoms with van der Waals surface area (Å²) in [6.07, 6.45) is 1.11. The number of fused-ring (bicyclic) bond motifs is 1. The molecule has 0 aliphatic carbocycles. The molecule has 2 aliphatic rings. The van der Waals surface area contributed by atoms with Gasteiger partial charge in [-0.15, -0.1) is 0 Å². The maximum atomic E-state index is 12.7. The van der Waals surface area contributed by atoms with Gasteiger partial charge >= 0.3 is 0 Å². The molecule has 0 aromatic heterocycles. The maximum Gasteiger partial charge on any atom is 0.150 e. The van der Waals surface area contributed by atoms with Gasteiger partial charge in [-0.05, 0) is 78.1 Å². The summed E-state index contributed by atoms with van der Waals surface area (Å²) in [5, 5.41) is 20.1. The highest BCUT2D eigenvalue weighted by Gasteiger charge is 2.29. The van der Waals surface area contributed by atoms with Crippen molar-refractivity contribution in [2.24, 2.45) is 0 Å². The molecule has 180 valence electrons. The molecular formula is C29H28FNO4. The predicted octanol–water partition coefficient (Wildman–Crippen LogP) is 6.10. The van der Waals surface area contributed by atoms with Gasteiger partial charge in [-0.1, -0.05) is 24.3 Å². The van der Waals surface area contributed by atoms with Crippen LogP contribution < -0.4 is 9.47 Å². The Morgan fingerprint density at radius 1 is 1.06 bits per heavy atom. The topological polar surface area (TPSA) is 62.2 Å². The van der Waals surface area contributed by atoms with Gasteiger partial charge in [-0.25, -0.2) is 4.39 Å². The largest absolute Gasteiger partial charge is 0.508 e. The van der Waals surface area contributed by atoms with Crippen molar-refractivity contribution in [3.8, 4) is 23.0 Å². The average Bonchev–Trinajstić information content (AvgIpc) is 3.33. The van der Waals surface area contributed by atoms with E-state index < -0.39 is 6.10 Å². The normalized spacial score (nSPS) is 19.0. The molecule has 3 aromatic rings. The van der Waals surface area contributed by atoms with Crippen molar-refractivity contribution in [1.82, 2.24) is 4.90 Å². The zero-order chi connectivity index (χ0) is 24.4. The molecular weight excluding hydrogens is 445 g/mol. The third kappa shape index (κ3) is 4.88. The van der Waals surface area contributed by atoms with E-state index in [1.54, 1.807) is 30.3 Å². The molecule has 5 rings (SSSR count). The number of allylic oxidation sites excluding steroid dienone is 1. The highest BCUT2D eigenvalue weighted by atomic mass is 19.1. The summed E-state index contributed by atoms with van der Waals surface area (Å²) in [5.41, 5.74) is 5.38. The van der Waals surface area contributed by atoms with Gasteiger partial charge in [-0.3, -0.25) is 4.90 Å². The number of aromatic hydroxyl groups is 2. The first-order valence-electron chi connectivity index (χ1n) is 11.8. The highest BCUT2D eigenvalue weighted by Crippen LogP contribution is 2.47. The van der Waals surface area contributed by atoms with Gasteiger partial charge < -0.3 is 19.7 Å². The number of rotatable bonds is 6. The molecule has 0 bridgehead atoms. The lowest BCUT2D eigenvalue weighted by atomic mass is 9.86. The van der Waals surface area contributed by atoms with Crippen molar-refractivity contribution < 1.29 is 24.1 Å². The second-order valence-corrected chi connectivity index (χ2v) is 8.98. The number of ether oxygens (including phenoxy) is 2. The van der Waals surface area contributed by atoms with E-state index >= 15 is 0 Å². The number of halogens is 1. The van der Waals surface area contributed by atoms with Gasteiger partial charge in [-0.2, -0.15) is 0 Å². The molecule has 3 aromatic carbocycles. The highest BCUT2D eigenvalue weighted by molar-refractivity contribution is 5.95.